The van der Waals surface area contributed by atoms with Gasteiger partial charge in [-0.3, -0.25) is 14.5 Å². The Bertz CT molecular complexity index is 1400. The third kappa shape index (κ3) is 5.08. The molecule has 11 heteroatoms. The first kappa shape index (κ1) is 26.4. The number of anilines is 1. The van der Waals surface area contributed by atoms with E-state index < -0.39 is 35.6 Å². The van der Waals surface area contributed by atoms with Crippen LogP contribution in [0.25, 0.3) is 5.76 Å². The molecular weight excluding hydrogens is 507 g/mol. The molecule has 1 saturated heterocycles. The zero-order chi connectivity index (χ0) is 27.6. The van der Waals surface area contributed by atoms with Gasteiger partial charge >= 0.3 is 6.36 Å². The molecular formula is C27H22F3NO7. The van der Waals surface area contributed by atoms with Crippen LogP contribution in [0.5, 0.6) is 23.0 Å². The Balaban J connectivity index is 1.94. The van der Waals surface area contributed by atoms with Crippen LogP contribution in [0.15, 0.2) is 72.3 Å². The Morgan fingerprint density at radius 1 is 0.842 bits per heavy atom. The van der Waals surface area contributed by atoms with E-state index in [1.54, 1.807) is 30.3 Å². The highest BCUT2D eigenvalue weighted by Gasteiger charge is 2.47. The van der Waals surface area contributed by atoms with E-state index in [9.17, 15) is 27.9 Å². The molecule has 0 aliphatic carbocycles. The summed E-state index contributed by atoms with van der Waals surface area (Å²) in [5.74, 6) is -2.21. The molecule has 0 saturated carbocycles. The fourth-order valence-corrected chi connectivity index (χ4v) is 4.18. The molecule has 1 atom stereocenters. The van der Waals surface area contributed by atoms with E-state index in [1.165, 1.54) is 45.6 Å². The molecule has 1 amide bonds. The number of Topliss-reactive ketones (excluding diaryl/α,β-unsaturated/α-hetero) is 1. The van der Waals surface area contributed by atoms with E-state index in [0.29, 0.717) is 17.1 Å². The molecule has 3 aromatic carbocycles. The van der Waals surface area contributed by atoms with Crippen LogP contribution in [-0.4, -0.2) is 44.5 Å². The summed E-state index contributed by atoms with van der Waals surface area (Å²) in [7, 11) is 4.24. The lowest BCUT2D eigenvalue weighted by atomic mass is 9.94. The number of halogens is 3. The lowest BCUT2D eigenvalue weighted by Gasteiger charge is -2.26. The van der Waals surface area contributed by atoms with E-state index in [1.807, 2.05) is 0 Å². The van der Waals surface area contributed by atoms with E-state index in [-0.39, 0.29) is 22.6 Å². The summed E-state index contributed by atoms with van der Waals surface area (Å²) in [5, 5.41) is 11.4. The van der Waals surface area contributed by atoms with Crippen molar-refractivity contribution in [3.05, 3.63) is 83.4 Å². The number of aliphatic hydroxyl groups is 1. The van der Waals surface area contributed by atoms with Crippen molar-refractivity contribution in [2.75, 3.05) is 26.2 Å². The van der Waals surface area contributed by atoms with Crippen LogP contribution in [0, 0.1) is 0 Å². The molecule has 1 aliphatic rings. The first-order valence-corrected chi connectivity index (χ1v) is 11.1. The average Bonchev–Trinajstić information content (AvgIpc) is 3.17. The van der Waals surface area contributed by atoms with Gasteiger partial charge < -0.3 is 24.1 Å². The van der Waals surface area contributed by atoms with Gasteiger partial charge in [0.1, 0.15) is 28.8 Å². The zero-order valence-corrected chi connectivity index (χ0v) is 20.4. The molecule has 3 aromatic rings. The standard InChI is InChI=1S/C27H22F3NO7/c1-35-17-9-7-15(8-10-17)23-22(24(32)20-14-18(36-2)11-12-21(20)37-3)25(33)26(34)31(23)16-5-4-6-19(13-16)38-27(28,29)30/h4-14,23,32H,1-3H3/b24-22+. The lowest BCUT2D eigenvalue weighted by molar-refractivity contribution is -0.274. The smallest absolute Gasteiger partial charge is 0.507 e. The number of hydrogen-bond acceptors (Lipinski definition) is 7. The average molecular weight is 529 g/mol. The number of hydrogen-bond donors (Lipinski definition) is 1. The van der Waals surface area contributed by atoms with Crippen molar-refractivity contribution in [2.45, 2.75) is 12.4 Å². The quantitative estimate of drug-likeness (QED) is 0.254. The van der Waals surface area contributed by atoms with Crippen molar-refractivity contribution in [3.8, 4) is 23.0 Å². The normalized spacial score (nSPS) is 16.9. The highest BCUT2D eigenvalue weighted by molar-refractivity contribution is 6.51. The molecule has 1 aliphatic heterocycles. The molecule has 0 aromatic heterocycles. The van der Waals surface area contributed by atoms with Gasteiger partial charge in [-0.2, -0.15) is 0 Å². The van der Waals surface area contributed by atoms with Gasteiger partial charge in [-0.1, -0.05) is 18.2 Å². The van der Waals surface area contributed by atoms with Crippen LogP contribution in [0.2, 0.25) is 0 Å². The Morgan fingerprint density at radius 2 is 1.50 bits per heavy atom. The second kappa shape index (κ2) is 10.4. The maximum Gasteiger partial charge on any atom is 0.573 e. The van der Waals surface area contributed by atoms with Gasteiger partial charge in [0.25, 0.3) is 11.7 Å². The SMILES string of the molecule is COc1ccc(C2/C(=C(\O)c3cc(OC)ccc3OC)C(=O)C(=O)N2c2cccc(OC(F)(F)F)c2)cc1. The van der Waals surface area contributed by atoms with Crippen molar-refractivity contribution in [2.24, 2.45) is 0 Å². The van der Waals surface area contributed by atoms with Crippen LogP contribution in [0.1, 0.15) is 17.2 Å². The number of alkyl halides is 3. The van der Waals surface area contributed by atoms with E-state index in [4.69, 9.17) is 14.2 Å². The minimum absolute atomic E-state index is 0.0497. The number of amides is 1. The summed E-state index contributed by atoms with van der Waals surface area (Å²) >= 11 is 0. The maximum absolute atomic E-state index is 13.4. The fraction of sp³-hybridized carbons (Fsp3) is 0.185. The maximum atomic E-state index is 13.4. The van der Waals surface area contributed by atoms with E-state index in [0.717, 1.165) is 17.0 Å². The van der Waals surface area contributed by atoms with Crippen LogP contribution < -0.4 is 23.8 Å². The Kier molecular flexibility index (Phi) is 7.20. The number of nitrogens with zero attached hydrogens (tertiary/aromatic N) is 1. The number of ether oxygens (including phenoxy) is 4. The summed E-state index contributed by atoms with van der Waals surface area (Å²) in [6, 6.07) is 14.3. The summed E-state index contributed by atoms with van der Waals surface area (Å²) in [6.45, 7) is 0. The molecule has 38 heavy (non-hydrogen) atoms. The van der Waals surface area contributed by atoms with Gasteiger partial charge in [0.2, 0.25) is 0 Å². The van der Waals surface area contributed by atoms with Crippen molar-refractivity contribution >= 4 is 23.1 Å². The third-order valence-corrected chi connectivity index (χ3v) is 5.87. The fourth-order valence-electron chi connectivity index (χ4n) is 4.18. The number of rotatable bonds is 7. The predicted octanol–water partition coefficient (Wildman–Crippen LogP) is 5.24. The highest BCUT2D eigenvalue weighted by atomic mass is 19.4. The lowest BCUT2D eigenvalue weighted by Crippen LogP contribution is -2.29. The largest absolute Gasteiger partial charge is 0.573 e. The summed E-state index contributed by atoms with van der Waals surface area (Å²) in [4.78, 5) is 27.7. The number of benzene rings is 3. The Morgan fingerprint density at radius 3 is 2.11 bits per heavy atom. The molecule has 0 bridgehead atoms. The van der Waals surface area contributed by atoms with Gasteiger partial charge in [0.05, 0.1) is 38.5 Å². The number of ketones is 1. The molecule has 198 valence electrons. The van der Waals surface area contributed by atoms with Crippen LogP contribution in [0.4, 0.5) is 18.9 Å². The van der Waals surface area contributed by atoms with Gasteiger partial charge in [-0.25, -0.2) is 0 Å². The van der Waals surface area contributed by atoms with Gasteiger partial charge in [-0.05, 0) is 48.0 Å². The first-order valence-electron chi connectivity index (χ1n) is 11.1. The van der Waals surface area contributed by atoms with Crippen molar-refractivity contribution in [1.82, 2.24) is 0 Å². The number of carbonyl (C=O) groups excluding carboxylic acids is 2. The number of methoxy groups -OCH3 is 3. The number of carbonyl (C=O) groups is 2. The van der Waals surface area contributed by atoms with Crippen LogP contribution >= 0.6 is 0 Å². The van der Waals surface area contributed by atoms with Crippen molar-refractivity contribution in [3.63, 3.8) is 0 Å². The van der Waals surface area contributed by atoms with Crippen molar-refractivity contribution < 1.29 is 46.8 Å². The minimum Gasteiger partial charge on any atom is -0.507 e. The molecule has 1 unspecified atom stereocenters. The summed E-state index contributed by atoms with van der Waals surface area (Å²) in [6.07, 6.45) is -4.97. The molecule has 0 spiro atoms. The molecule has 8 nitrogen and oxygen atoms in total. The topological polar surface area (TPSA) is 94.5 Å². The zero-order valence-electron chi connectivity index (χ0n) is 20.4. The summed E-state index contributed by atoms with van der Waals surface area (Å²) in [5.41, 5.74) is 0.119. The highest BCUT2D eigenvalue weighted by Crippen LogP contribution is 2.44. The van der Waals surface area contributed by atoms with Gasteiger partial charge in [-0.15, -0.1) is 13.2 Å². The minimum atomic E-state index is -4.97. The van der Waals surface area contributed by atoms with Crippen LogP contribution in [0.3, 0.4) is 0 Å². The monoisotopic (exact) mass is 529 g/mol. The van der Waals surface area contributed by atoms with E-state index >= 15 is 0 Å². The van der Waals surface area contributed by atoms with Crippen LogP contribution in [-0.2, 0) is 9.59 Å². The molecule has 4 rings (SSSR count). The van der Waals surface area contributed by atoms with E-state index in [2.05, 4.69) is 4.74 Å². The molecule has 1 fully saturated rings. The predicted molar refractivity (Wildman–Crippen MR) is 130 cm³/mol. The second-order valence-corrected chi connectivity index (χ2v) is 8.05. The summed E-state index contributed by atoms with van der Waals surface area (Å²) < 4.78 is 58.3. The molecule has 1 N–H and O–H groups in total. The Labute approximate surface area is 215 Å². The molecule has 0 radical (unpaired) electrons. The second-order valence-electron chi connectivity index (χ2n) is 8.05. The Hall–Kier alpha value is -4.67. The first-order chi connectivity index (χ1) is 18.1. The number of aliphatic hydroxyl groups excluding tert-OH is 1. The third-order valence-electron chi connectivity index (χ3n) is 5.87. The van der Waals surface area contributed by atoms with Crippen molar-refractivity contribution in [1.29, 1.82) is 0 Å². The molecule has 1 heterocycles. The van der Waals surface area contributed by atoms with Gasteiger partial charge in [0.15, 0.2) is 0 Å². The van der Waals surface area contributed by atoms with Gasteiger partial charge in [0, 0.05) is 11.8 Å².